The van der Waals surface area contributed by atoms with Gasteiger partial charge in [-0.2, -0.15) is 8.42 Å². The van der Waals surface area contributed by atoms with Crippen LogP contribution in [-0.2, 0) is 36.3 Å². The maximum atomic E-state index is 8.74. The molecule has 2 aromatic carbocycles. The van der Waals surface area contributed by atoms with E-state index in [0.717, 1.165) is 26.2 Å². The molecule has 2 aliphatic heterocycles. The molecule has 0 bridgehead atoms. The molecule has 4 rings (SSSR count). The molecular formula is C18H24N2O4S. The highest BCUT2D eigenvalue weighted by Gasteiger charge is 2.05. The molecule has 2 aromatic rings. The lowest BCUT2D eigenvalue weighted by atomic mass is 10.0. The van der Waals surface area contributed by atoms with Crippen LogP contribution in [-0.4, -0.2) is 30.6 Å². The molecule has 0 saturated carbocycles. The molecule has 0 amide bonds. The van der Waals surface area contributed by atoms with Gasteiger partial charge in [0.2, 0.25) is 0 Å². The Morgan fingerprint density at radius 3 is 1.32 bits per heavy atom. The second kappa shape index (κ2) is 9.65. The van der Waals surface area contributed by atoms with Gasteiger partial charge in [0.15, 0.2) is 0 Å². The number of benzene rings is 2. The van der Waals surface area contributed by atoms with Crippen LogP contribution in [0.25, 0.3) is 0 Å². The van der Waals surface area contributed by atoms with Gasteiger partial charge in [-0.1, -0.05) is 48.5 Å². The third-order valence-electron chi connectivity index (χ3n) is 4.01. The Bertz CT molecular complexity index is 669. The van der Waals surface area contributed by atoms with Crippen LogP contribution in [0, 0.1) is 0 Å². The summed E-state index contributed by atoms with van der Waals surface area (Å²) in [6.07, 6.45) is 2.38. The highest BCUT2D eigenvalue weighted by Crippen LogP contribution is 2.12. The molecule has 0 saturated heterocycles. The zero-order chi connectivity index (χ0) is 18.1. The van der Waals surface area contributed by atoms with Gasteiger partial charge in [-0.15, -0.1) is 0 Å². The van der Waals surface area contributed by atoms with E-state index in [1.807, 2.05) is 0 Å². The predicted molar refractivity (Wildman–Crippen MR) is 97.9 cm³/mol. The summed E-state index contributed by atoms with van der Waals surface area (Å²) in [5.41, 5.74) is 5.96. The number of hydrogen-bond acceptors (Lipinski definition) is 4. The van der Waals surface area contributed by atoms with Crippen LogP contribution in [0.15, 0.2) is 48.5 Å². The fourth-order valence-corrected chi connectivity index (χ4v) is 2.84. The average Bonchev–Trinajstić information content (AvgIpc) is 2.61. The third-order valence-corrected chi connectivity index (χ3v) is 4.01. The van der Waals surface area contributed by atoms with Crippen molar-refractivity contribution in [3.63, 3.8) is 0 Å². The van der Waals surface area contributed by atoms with Gasteiger partial charge in [-0.3, -0.25) is 9.11 Å². The lowest BCUT2D eigenvalue weighted by Crippen LogP contribution is -2.23. The molecular weight excluding hydrogens is 340 g/mol. The smallest absolute Gasteiger partial charge is 0.312 e. The van der Waals surface area contributed by atoms with E-state index < -0.39 is 10.4 Å². The molecule has 4 N–H and O–H groups in total. The van der Waals surface area contributed by atoms with Crippen LogP contribution >= 0.6 is 0 Å². The minimum atomic E-state index is -4.67. The summed E-state index contributed by atoms with van der Waals surface area (Å²) in [5, 5.41) is 6.68. The minimum Gasteiger partial charge on any atom is -0.312 e. The van der Waals surface area contributed by atoms with Crippen molar-refractivity contribution in [1.82, 2.24) is 10.6 Å². The Labute approximate surface area is 148 Å². The van der Waals surface area contributed by atoms with E-state index in [1.165, 1.54) is 35.1 Å². The van der Waals surface area contributed by atoms with Crippen molar-refractivity contribution in [2.24, 2.45) is 0 Å². The van der Waals surface area contributed by atoms with E-state index in [2.05, 4.69) is 59.2 Å². The summed E-state index contributed by atoms with van der Waals surface area (Å²) in [6, 6.07) is 17.3. The monoisotopic (exact) mass is 364 g/mol. The summed E-state index contributed by atoms with van der Waals surface area (Å²) in [6.45, 7) is 4.38. The van der Waals surface area contributed by atoms with E-state index in [-0.39, 0.29) is 0 Å². The van der Waals surface area contributed by atoms with Gasteiger partial charge < -0.3 is 10.6 Å². The van der Waals surface area contributed by atoms with Gasteiger partial charge in [0.05, 0.1) is 0 Å². The maximum absolute atomic E-state index is 8.74. The first kappa shape index (κ1) is 19.6. The molecule has 0 spiro atoms. The largest absolute Gasteiger partial charge is 0.394 e. The maximum Gasteiger partial charge on any atom is 0.394 e. The number of fused-ring (bicyclic) bond motifs is 2. The van der Waals surface area contributed by atoms with Crippen LogP contribution in [0.5, 0.6) is 0 Å². The average molecular weight is 364 g/mol. The Balaban J connectivity index is 0.000000144. The lowest BCUT2D eigenvalue weighted by molar-refractivity contribution is 0.381. The quantitative estimate of drug-likeness (QED) is 0.534. The van der Waals surface area contributed by atoms with Crippen LogP contribution in [0.1, 0.15) is 22.3 Å². The van der Waals surface area contributed by atoms with Crippen molar-refractivity contribution in [2.75, 3.05) is 13.1 Å². The summed E-state index contributed by atoms with van der Waals surface area (Å²) in [5.74, 6) is 0. The van der Waals surface area contributed by atoms with E-state index >= 15 is 0 Å². The van der Waals surface area contributed by atoms with Crippen molar-refractivity contribution in [3.8, 4) is 0 Å². The van der Waals surface area contributed by atoms with Crippen molar-refractivity contribution in [3.05, 3.63) is 70.8 Å². The molecule has 0 atom stereocenters. The van der Waals surface area contributed by atoms with Gasteiger partial charge >= 0.3 is 10.4 Å². The summed E-state index contributed by atoms with van der Waals surface area (Å²) >= 11 is 0. The molecule has 2 aliphatic rings. The molecule has 0 aromatic heterocycles. The van der Waals surface area contributed by atoms with Crippen LogP contribution in [0.4, 0.5) is 0 Å². The van der Waals surface area contributed by atoms with Crippen molar-refractivity contribution >= 4 is 10.4 Å². The SMILES string of the molecule is O=S(=O)(O)O.c1ccc2c(c1)CCNC2.c1ccc2c(c1)CCNC2. The highest BCUT2D eigenvalue weighted by atomic mass is 32.3. The topological polar surface area (TPSA) is 98.7 Å². The summed E-state index contributed by atoms with van der Waals surface area (Å²) in [7, 11) is -4.67. The van der Waals surface area contributed by atoms with E-state index in [4.69, 9.17) is 17.5 Å². The molecule has 0 radical (unpaired) electrons. The Morgan fingerprint density at radius 2 is 1.00 bits per heavy atom. The molecule has 2 heterocycles. The normalized spacial score (nSPS) is 15.4. The molecule has 0 fully saturated rings. The van der Waals surface area contributed by atoms with E-state index in [1.54, 1.807) is 0 Å². The van der Waals surface area contributed by atoms with Gasteiger partial charge in [-0.05, 0) is 48.2 Å². The van der Waals surface area contributed by atoms with Gasteiger partial charge in [0.25, 0.3) is 0 Å². The zero-order valence-corrected chi connectivity index (χ0v) is 14.8. The first-order valence-electron chi connectivity index (χ1n) is 8.18. The minimum absolute atomic E-state index is 1.05. The van der Waals surface area contributed by atoms with Gasteiger partial charge in [0, 0.05) is 13.1 Å². The Kier molecular flexibility index (Phi) is 7.54. The van der Waals surface area contributed by atoms with Crippen molar-refractivity contribution in [2.45, 2.75) is 25.9 Å². The lowest BCUT2D eigenvalue weighted by Gasteiger charge is -2.15. The van der Waals surface area contributed by atoms with Crippen molar-refractivity contribution in [1.29, 1.82) is 0 Å². The third kappa shape index (κ3) is 7.76. The standard InChI is InChI=1S/2C9H11N.H2O4S/c2*1-2-4-9-7-10-6-5-8(9)3-1;1-5(2,3)4/h2*1-4,10H,5-7H2;(H2,1,2,3,4). The zero-order valence-electron chi connectivity index (χ0n) is 14.0. The van der Waals surface area contributed by atoms with Crippen molar-refractivity contribution < 1.29 is 17.5 Å². The molecule has 25 heavy (non-hydrogen) atoms. The van der Waals surface area contributed by atoms with E-state index in [9.17, 15) is 0 Å². The van der Waals surface area contributed by atoms with Gasteiger partial charge in [0.1, 0.15) is 0 Å². The summed E-state index contributed by atoms with van der Waals surface area (Å²) in [4.78, 5) is 0. The number of rotatable bonds is 0. The van der Waals surface area contributed by atoms with Crippen LogP contribution in [0.2, 0.25) is 0 Å². The molecule has 7 heteroatoms. The molecule has 6 nitrogen and oxygen atoms in total. The summed E-state index contributed by atoms with van der Waals surface area (Å²) < 4.78 is 31.6. The van der Waals surface area contributed by atoms with Crippen LogP contribution in [0.3, 0.4) is 0 Å². The van der Waals surface area contributed by atoms with Crippen LogP contribution < -0.4 is 10.6 Å². The second-order valence-electron chi connectivity index (χ2n) is 5.84. The predicted octanol–water partition coefficient (Wildman–Crippen LogP) is 2.01. The first-order valence-corrected chi connectivity index (χ1v) is 9.58. The number of nitrogens with one attached hydrogen (secondary N) is 2. The molecule has 0 aliphatic carbocycles. The molecule has 0 unspecified atom stereocenters. The fourth-order valence-electron chi connectivity index (χ4n) is 2.84. The highest BCUT2D eigenvalue weighted by molar-refractivity contribution is 7.79. The second-order valence-corrected chi connectivity index (χ2v) is 6.73. The Morgan fingerprint density at radius 1 is 0.680 bits per heavy atom. The van der Waals surface area contributed by atoms with E-state index in [0.29, 0.717) is 0 Å². The Hall–Kier alpha value is -1.77. The van der Waals surface area contributed by atoms with Gasteiger partial charge in [-0.25, -0.2) is 0 Å². The first-order chi connectivity index (χ1) is 11.9. The molecule has 136 valence electrons. The number of hydrogen-bond donors (Lipinski definition) is 4. The fraction of sp³-hybridized carbons (Fsp3) is 0.333.